The van der Waals surface area contributed by atoms with Crippen molar-refractivity contribution in [1.29, 1.82) is 0 Å². The largest absolute Gasteiger partial charge is 0.377 e. The predicted octanol–water partition coefficient (Wildman–Crippen LogP) is 1.51. The van der Waals surface area contributed by atoms with Crippen LogP contribution in [0.15, 0.2) is 24.5 Å². The summed E-state index contributed by atoms with van der Waals surface area (Å²) in [4.78, 5) is 4.07. The van der Waals surface area contributed by atoms with Gasteiger partial charge in [0, 0.05) is 17.6 Å². The zero-order chi connectivity index (χ0) is 9.97. The molecule has 14 heavy (non-hydrogen) atoms. The number of hydrogen-bond acceptors (Lipinski definition) is 4. The molecular weight excluding hydrogens is 196 g/mol. The van der Waals surface area contributed by atoms with Gasteiger partial charge in [-0.15, -0.1) is 11.8 Å². The molecule has 76 valence electrons. The highest BCUT2D eigenvalue weighted by Gasteiger charge is 2.32. The summed E-state index contributed by atoms with van der Waals surface area (Å²) in [7, 11) is 0. The van der Waals surface area contributed by atoms with E-state index >= 15 is 0 Å². The molecule has 2 N–H and O–H groups in total. The maximum absolute atomic E-state index is 9.67. The third-order valence-electron chi connectivity index (χ3n) is 2.37. The number of nitrogens with zero attached hydrogens (tertiary/aromatic N) is 1. The van der Waals surface area contributed by atoms with Crippen molar-refractivity contribution in [3.63, 3.8) is 0 Å². The quantitative estimate of drug-likeness (QED) is 0.776. The van der Waals surface area contributed by atoms with Gasteiger partial charge in [-0.3, -0.25) is 10.3 Å². The summed E-state index contributed by atoms with van der Waals surface area (Å²) in [5, 5.41) is 13.3. The highest BCUT2D eigenvalue weighted by Crippen LogP contribution is 2.38. The first-order chi connectivity index (χ1) is 6.81. The number of nitrogens with one attached hydrogen (secondary N) is 1. The Labute approximate surface area is 87.9 Å². The lowest BCUT2D eigenvalue weighted by atomic mass is 10.2. The van der Waals surface area contributed by atoms with Gasteiger partial charge in [-0.05, 0) is 18.1 Å². The number of rotatable bonds is 2. The first kappa shape index (κ1) is 9.96. The van der Waals surface area contributed by atoms with Crippen LogP contribution in [0.4, 0.5) is 0 Å². The second-order valence-electron chi connectivity index (χ2n) is 3.36. The predicted molar refractivity (Wildman–Crippen MR) is 57.8 cm³/mol. The van der Waals surface area contributed by atoms with Gasteiger partial charge in [0.05, 0.1) is 5.37 Å². The molecule has 0 saturated carbocycles. The van der Waals surface area contributed by atoms with E-state index in [9.17, 15) is 5.11 Å². The maximum atomic E-state index is 9.67. The molecule has 0 aromatic carbocycles. The molecule has 3 unspecified atom stereocenters. The van der Waals surface area contributed by atoms with Gasteiger partial charge in [-0.1, -0.05) is 13.0 Å². The summed E-state index contributed by atoms with van der Waals surface area (Å²) in [6.45, 7) is 2.09. The van der Waals surface area contributed by atoms with Gasteiger partial charge in [-0.2, -0.15) is 0 Å². The van der Waals surface area contributed by atoms with Crippen LogP contribution in [-0.4, -0.2) is 21.6 Å². The molecule has 2 rings (SSSR count). The molecule has 1 fully saturated rings. The minimum atomic E-state index is -0.393. The molecule has 1 saturated heterocycles. The average molecular weight is 210 g/mol. The first-order valence-corrected chi connectivity index (χ1v) is 5.75. The van der Waals surface area contributed by atoms with Gasteiger partial charge in [0.15, 0.2) is 0 Å². The van der Waals surface area contributed by atoms with Crippen LogP contribution >= 0.6 is 11.8 Å². The Morgan fingerprint density at radius 2 is 2.50 bits per heavy atom. The number of pyridine rings is 1. The molecule has 0 aliphatic carbocycles. The third-order valence-corrected chi connectivity index (χ3v) is 4.00. The van der Waals surface area contributed by atoms with Crippen molar-refractivity contribution in [3.8, 4) is 0 Å². The lowest BCUT2D eigenvalue weighted by molar-refractivity contribution is 0.141. The zero-order valence-electron chi connectivity index (χ0n) is 8.05. The van der Waals surface area contributed by atoms with Crippen LogP contribution in [0.1, 0.15) is 24.3 Å². The van der Waals surface area contributed by atoms with Crippen LogP contribution in [0, 0.1) is 0 Å². The van der Waals surface area contributed by atoms with Gasteiger partial charge in [0.1, 0.15) is 6.23 Å². The molecule has 1 aromatic rings. The second-order valence-corrected chi connectivity index (χ2v) is 4.71. The molecule has 3 nitrogen and oxygen atoms in total. The van der Waals surface area contributed by atoms with Crippen molar-refractivity contribution in [2.45, 2.75) is 30.2 Å². The molecule has 0 radical (unpaired) electrons. The average Bonchev–Trinajstić information content (AvgIpc) is 2.61. The van der Waals surface area contributed by atoms with E-state index in [1.54, 1.807) is 18.0 Å². The lowest BCUT2D eigenvalue weighted by Gasteiger charge is -2.08. The Morgan fingerprint density at radius 1 is 1.64 bits per heavy atom. The number of hydrogen-bond donors (Lipinski definition) is 2. The normalized spacial score (nSPS) is 32.0. The molecular formula is C10H14N2OS. The van der Waals surface area contributed by atoms with E-state index in [4.69, 9.17) is 0 Å². The van der Waals surface area contributed by atoms with Crippen molar-refractivity contribution in [1.82, 2.24) is 10.3 Å². The molecule has 2 heterocycles. The Balaban J connectivity index is 2.09. The molecule has 4 heteroatoms. The molecule has 1 aromatic heterocycles. The van der Waals surface area contributed by atoms with E-state index in [2.05, 4.69) is 17.2 Å². The summed E-state index contributed by atoms with van der Waals surface area (Å²) in [6.07, 6.45) is 4.19. The number of thioether (sulfide) groups is 1. The van der Waals surface area contributed by atoms with Crippen LogP contribution < -0.4 is 5.32 Å². The van der Waals surface area contributed by atoms with Crippen molar-refractivity contribution in [2.24, 2.45) is 0 Å². The minimum absolute atomic E-state index is 0.184. The van der Waals surface area contributed by atoms with Crippen LogP contribution in [0.5, 0.6) is 0 Å². The smallest absolute Gasteiger partial charge is 0.118 e. The van der Waals surface area contributed by atoms with Gasteiger partial charge >= 0.3 is 0 Å². The van der Waals surface area contributed by atoms with E-state index in [1.165, 1.54) is 0 Å². The zero-order valence-corrected chi connectivity index (χ0v) is 8.87. The van der Waals surface area contributed by atoms with Gasteiger partial charge < -0.3 is 5.11 Å². The highest BCUT2D eigenvalue weighted by atomic mass is 32.2. The van der Waals surface area contributed by atoms with Gasteiger partial charge in [0.25, 0.3) is 0 Å². The number of aliphatic hydroxyl groups excluding tert-OH is 1. The van der Waals surface area contributed by atoms with E-state index in [1.807, 2.05) is 18.3 Å². The topological polar surface area (TPSA) is 45.2 Å². The summed E-state index contributed by atoms with van der Waals surface area (Å²) in [5.74, 6) is 0. The molecule has 1 aliphatic rings. The summed E-state index contributed by atoms with van der Waals surface area (Å²) >= 11 is 1.77. The lowest BCUT2D eigenvalue weighted by Crippen LogP contribution is -2.29. The first-order valence-electron chi connectivity index (χ1n) is 4.80. The Bertz CT molecular complexity index is 293. The monoisotopic (exact) mass is 210 g/mol. The van der Waals surface area contributed by atoms with Crippen LogP contribution in [0.2, 0.25) is 0 Å². The van der Waals surface area contributed by atoms with Gasteiger partial charge in [0.2, 0.25) is 0 Å². The van der Waals surface area contributed by atoms with E-state index in [0.29, 0.717) is 5.25 Å². The number of aliphatic hydroxyl groups is 1. The second kappa shape index (κ2) is 4.29. The molecule has 0 amide bonds. The van der Waals surface area contributed by atoms with Gasteiger partial charge in [-0.25, -0.2) is 0 Å². The van der Waals surface area contributed by atoms with Crippen molar-refractivity contribution in [2.75, 3.05) is 0 Å². The third kappa shape index (κ3) is 1.92. The SMILES string of the molecule is CCC1SC(c2cccnc2)NC1O. The Morgan fingerprint density at radius 3 is 3.07 bits per heavy atom. The van der Waals surface area contributed by atoms with Crippen molar-refractivity contribution < 1.29 is 5.11 Å². The fourth-order valence-electron chi connectivity index (χ4n) is 1.58. The fourth-order valence-corrected chi connectivity index (χ4v) is 2.86. The minimum Gasteiger partial charge on any atom is -0.377 e. The summed E-state index contributed by atoms with van der Waals surface area (Å²) in [6, 6.07) is 3.95. The maximum Gasteiger partial charge on any atom is 0.118 e. The molecule has 3 atom stereocenters. The molecule has 0 spiro atoms. The van der Waals surface area contributed by atoms with Crippen LogP contribution in [0.25, 0.3) is 0 Å². The van der Waals surface area contributed by atoms with E-state index in [0.717, 1.165) is 12.0 Å². The Kier molecular flexibility index (Phi) is 3.05. The standard InChI is InChI=1S/C10H14N2OS/c1-2-8-9(13)12-10(14-8)7-4-3-5-11-6-7/h3-6,8-10,12-13H,2H2,1H3. The highest BCUT2D eigenvalue weighted by molar-refractivity contribution is 8.00. The number of aromatic nitrogens is 1. The summed E-state index contributed by atoms with van der Waals surface area (Å²) in [5.41, 5.74) is 1.13. The van der Waals surface area contributed by atoms with Crippen LogP contribution in [0.3, 0.4) is 0 Å². The fraction of sp³-hybridized carbons (Fsp3) is 0.500. The van der Waals surface area contributed by atoms with Crippen molar-refractivity contribution in [3.05, 3.63) is 30.1 Å². The van der Waals surface area contributed by atoms with Crippen molar-refractivity contribution >= 4 is 11.8 Å². The molecule has 0 bridgehead atoms. The molecule has 1 aliphatic heterocycles. The Hall–Kier alpha value is -0.580. The van der Waals surface area contributed by atoms with E-state index in [-0.39, 0.29) is 5.37 Å². The van der Waals surface area contributed by atoms with Crippen LogP contribution in [-0.2, 0) is 0 Å². The summed E-state index contributed by atoms with van der Waals surface area (Å²) < 4.78 is 0. The van der Waals surface area contributed by atoms with E-state index < -0.39 is 6.23 Å².